The Morgan fingerprint density at radius 3 is 2.49 bits per heavy atom. The summed E-state index contributed by atoms with van der Waals surface area (Å²) >= 11 is 21.2. The van der Waals surface area contributed by atoms with Crippen LogP contribution in [0.25, 0.3) is 0 Å². The summed E-state index contributed by atoms with van der Waals surface area (Å²) in [6, 6.07) is 12.4. The second kappa shape index (κ2) is 11.7. The molecule has 0 aliphatic carbocycles. The molecule has 202 valence electrons. The predicted octanol–water partition coefficient (Wildman–Crippen LogP) is 5.86. The van der Waals surface area contributed by atoms with Crippen molar-refractivity contribution >= 4 is 75.7 Å². The third-order valence-corrected chi connectivity index (χ3v) is 8.88. The molecule has 1 fully saturated rings. The maximum atomic E-state index is 12.9. The number of rotatable bonds is 9. The van der Waals surface area contributed by atoms with E-state index in [1.807, 2.05) is 17.5 Å². The van der Waals surface area contributed by atoms with Crippen LogP contribution in [0.5, 0.6) is 17.2 Å². The number of hydrogen-bond acceptors (Lipinski definition) is 7. The van der Waals surface area contributed by atoms with Gasteiger partial charge in [-0.1, -0.05) is 40.9 Å². The fourth-order valence-corrected chi connectivity index (χ4v) is 6.75. The number of fused-ring (bicyclic) bond motifs is 1. The maximum absolute atomic E-state index is 12.9. The average molecular weight is 626 g/mol. The molecule has 2 N–H and O–H groups in total. The van der Waals surface area contributed by atoms with Crippen molar-refractivity contribution in [2.45, 2.75) is 17.8 Å². The SMILES string of the molecule is O=C(Cc1cccs1)NC1C(=O)N2C(C(=O)O)=C(COc3cc(Cl)ccc3Oc3ccc(Cl)cc3Cl)CS[C@H]12. The number of thiophene rings is 1. The number of thioether (sulfide) groups is 1. The lowest BCUT2D eigenvalue weighted by atomic mass is 10.0. The second-order valence-corrected chi connectivity index (χ2v) is 11.9. The molecule has 0 bridgehead atoms. The molecule has 39 heavy (non-hydrogen) atoms. The highest BCUT2D eigenvalue weighted by Crippen LogP contribution is 2.42. The Morgan fingerprint density at radius 1 is 1.05 bits per heavy atom. The van der Waals surface area contributed by atoms with E-state index >= 15 is 0 Å². The van der Waals surface area contributed by atoms with Crippen LogP contribution in [-0.2, 0) is 20.8 Å². The number of hydrogen-bond donors (Lipinski definition) is 2. The first-order chi connectivity index (χ1) is 18.7. The van der Waals surface area contributed by atoms with E-state index in [2.05, 4.69) is 5.32 Å². The summed E-state index contributed by atoms with van der Waals surface area (Å²) in [5.74, 6) is -0.847. The molecule has 2 aliphatic rings. The number of carboxylic acids is 1. The van der Waals surface area contributed by atoms with Gasteiger partial charge in [-0.3, -0.25) is 14.5 Å². The minimum atomic E-state index is -1.26. The van der Waals surface area contributed by atoms with Gasteiger partial charge >= 0.3 is 5.97 Å². The molecule has 0 saturated carbocycles. The van der Waals surface area contributed by atoms with Gasteiger partial charge < -0.3 is 19.9 Å². The zero-order valence-electron chi connectivity index (χ0n) is 19.9. The number of nitrogens with one attached hydrogen (secondary N) is 1. The van der Waals surface area contributed by atoms with Gasteiger partial charge in [0.2, 0.25) is 5.91 Å². The topological polar surface area (TPSA) is 105 Å². The lowest BCUT2D eigenvalue weighted by Gasteiger charge is -2.49. The number of aliphatic carboxylic acids is 1. The van der Waals surface area contributed by atoms with Gasteiger partial charge in [0.25, 0.3) is 5.91 Å². The van der Waals surface area contributed by atoms with Crippen LogP contribution in [0, 0.1) is 0 Å². The zero-order chi connectivity index (χ0) is 27.7. The molecule has 2 aromatic carbocycles. The van der Waals surface area contributed by atoms with Crippen molar-refractivity contribution in [3.63, 3.8) is 0 Å². The number of β-lactam (4-membered cyclic amide) rings is 1. The Morgan fingerprint density at radius 2 is 1.79 bits per heavy atom. The molecule has 1 saturated heterocycles. The first-order valence-electron chi connectivity index (χ1n) is 11.5. The van der Waals surface area contributed by atoms with Crippen LogP contribution in [0.1, 0.15) is 4.88 Å². The fraction of sp³-hybridized carbons (Fsp3) is 0.192. The van der Waals surface area contributed by atoms with Gasteiger partial charge in [0.05, 0.1) is 11.4 Å². The molecule has 1 aromatic heterocycles. The molecular weight excluding hydrogens is 607 g/mol. The van der Waals surface area contributed by atoms with Gasteiger partial charge in [0.1, 0.15) is 29.5 Å². The number of ether oxygens (including phenoxy) is 2. The van der Waals surface area contributed by atoms with Crippen LogP contribution in [0.2, 0.25) is 15.1 Å². The lowest BCUT2D eigenvalue weighted by Crippen LogP contribution is -2.70. The number of carbonyl (C=O) groups excluding carboxylic acids is 2. The van der Waals surface area contributed by atoms with E-state index in [4.69, 9.17) is 44.3 Å². The maximum Gasteiger partial charge on any atom is 0.352 e. The Hall–Kier alpha value is -2.89. The second-order valence-electron chi connectivity index (χ2n) is 8.52. The van der Waals surface area contributed by atoms with E-state index in [1.54, 1.807) is 24.3 Å². The van der Waals surface area contributed by atoms with Crippen molar-refractivity contribution in [2.75, 3.05) is 12.4 Å². The highest BCUT2D eigenvalue weighted by Gasteiger charge is 2.54. The average Bonchev–Trinajstić information content (AvgIpc) is 3.41. The number of amides is 2. The van der Waals surface area contributed by atoms with Crippen LogP contribution < -0.4 is 14.8 Å². The number of carboxylic acid groups (broad SMARTS) is 1. The van der Waals surface area contributed by atoms with Gasteiger partial charge in [-0.2, -0.15) is 0 Å². The lowest BCUT2D eigenvalue weighted by molar-refractivity contribution is -0.150. The van der Waals surface area contributed by atoms with Gasteiger partial charge in [0, 0.05) is 32.3 Å². The smallest absolute Gasteiger partial charge is 0.352 e. The number of benzene rings is 2. The third-order valence-electron chi connectivity index (χ3n) is 5.90. The Balaban J connectivity index is 1.30. The van der Waals surface area contributed by atoms with Crippen LogP contribution in [0.3, 0.4) is 0 Å². The Kier molecular flexibility index (Phi) is 8.29. The molecule has 2 amide bonds. The van der Waals surface area contributed by atoms with Crippen LogP contribution in [0.4, 0.5) is 0 Å². The summed E-state index contributed by atoms with van der Waals surface area (Å²) in [6.07, 6.45) is 0.158. The van der Waals surface area contributed by atoms with E-state index in [9.17, 15) is 19.5 Å². The largest absolute Gasteiger partial charge is 0.485 e. The van der Waals surface area contributed by atoms with Crippen molar-refractivity contribution in [1.29, 1.82) is 0 Å². The summed E-state index contributed by atoms with van der Waals surface area (Å²) in [5, 5.41) is 15.2. The third kappa shape index (κ3) is 6.00. The van der Waals surface area contributed by atoms with Crippen molar-refractivity contribution in [1.82, 2.24) is 10.2 Å². The molecule has 0 radical (unpaired) electrons. The van der Waals surface area contributed by atoms with E-state index in [0.29, 0.717) is 32.1 Å². The summed E-state index contributed by atoms with van der Waals surface area (Å²) in [4.78, 5) is 39.6. The normalized spacial score (nSPS) is 18.3. The molecule has 8 nitrogen and oxygen atoms in total. The molecular formula is C26H19Cl3N2O6S2. The highest BCUT2D eigenvalue weighted by atomic mass is 35.5. The summed E-state index contributed by atoms with van der Waals surface area (Å²) in [6.45, 7) is -0.133. The van der Waals surface area contributed by atoms with Crippen molar-refractivity contribution in [2.24, 2.45) is 0 Å². The minimum absolute atomic E-state index is 0.133. The quantitative estimate of drug-likeness (QED) is 0.287. The van der Waals surface area contributed by atoms with E-state index in [1.165, 1.54) is 40.1 Å². The fourth-order valence-electron chi connectivity index (χ4n) is 4.11. The molecule has 3 aromatic rings. The minimum Gasteiger partial charge on any atom is -0.485 e. The van der Waals surface area contributed by atoms with Crippen LogP contribution in [0.15, 0.2) is 65.2 Å². The first-order valence-corrected chi connectivity index (χ1v) is 14.5. The standard InChI is InChI=1S/C26H19Cl3N2O6S2/c27-14-3-5-18(17(29)8-14)37-19-6-4-15(28)9-20(19)36-11-13-12-39-25-22(24(33)31(25)23(13)26(34)35)30-21(32)10-16-2-1-7-38-16/h1-9,22,25H,10-12H2,(H,30,32)(H,34,35)/t22?,25-/m1/s1. The molecule has 5 rings (SSSR count). The van der Waals surface area contributed by atoms with Crippen molar-refractivity contribution in [3.05, 3.63) is 85.1 Å². The highest BCUT2D eigenvalue weighted by molar-refractivity contribution is 8.00. The Bertz CT molecular complexity index is 1480. The van der Waals surface area contributed by atoms with Gasteiger partial charge in [-0.25, -0.2) is 4.79 Å². The van der Waals surface area contributed by atoms with Crippen LogP contribution in [-0.4, -0.2) is 51.6 Å². The summed E-state index contributed by atoms with van der Waals surface area (Å²) in [7, 11) is 0. The molecule has 13 heteroatoms. The van der Waals surface area contributed by atoms with Gasteiger partial charge in [0.15, 0.2) is 11.5 Å². The molecule has 1 unspecified atom stereocenters. The number of halogens is 3. The van der Waals surface area contributed by atoms with Crippen molar-refractivity contribution in [3.8, 4) is 17.2 Å². The summed E-state index contributed by atoms with van der Waals surface area (Å²) in [5.41, 5.74) is 0.244. The monoisotopic (exact) mass is 624 g/mol. The molecule has 0 spiro atoms. The van der Waals surface area contributed by atoms with E-state index in [-0.39, 0.29) is 36.1 Å². The number of nitrogens with zero attached hydrogens (tertiary/aromatic N) is 1. The summed E-state index contributed by atoms with van der Waals surface area (Å²) < 4.78 is 11.9. The van der Waals surface area contributed by atoms with E-state index in [0.717, 1.165) is 4.88 Å². The van der Waals surface area contributed by atoms with Crippen molar-refractivity contribution < 1.29 is 29.0 Å². The molecule has 2 aliphatic heterocycles. The first kappa shape index (κ1) is 27.7. The predicted molar refractivity (Wildman–Crippen MR) is 151 cm³/mol. The van der Waals surface area contributed by atoms with Gasteiger partial charge in [-0.15, -0.1) is 23.1 Å². The van der Waals surface area contributed by atoms with Crippen LogP contribution >= 0.6 is 57.9 Å². The zero-order valence-corrected chi connectivity index (χ0v) is 23.8. The Labute approximate surface area is 246 Å². The number of carbonyl (C=O) groups is 3. The molecule has 3 heterocycles. The van der Waals surface area contributed by atoms with Gasteiger partial charge in [-0.05, 0) is 41.8 Å². The van der Waals surface area contributed by atoms with E-state index < -0.39 is 23.3 Å². The molecule has 2 atom stereocenters.